The molecule has 0 aromatic rings. The van der Waals surface area contributed by atoms with Crippen LogP contribution in [0.1, 0.15) is 26.2 Å². The molecule has 0 amide bonds. The van der Waals surface area contributed by atoms with Gasteiger partial charge in [0.25, 0.3) is 0 Å². The van der Waals surface area contributed by atoms with Gasteiger partial charge in [-0.05, 0) is 12.8 Å². The average Bonchev–Trinajstić information content (AvgIpc) is 2.10. The van der Waals surface area contributed by atoms with Gasteiger partial charge in [0.2, 0.25) is 0 Å². The molecule has 0 rings (SSSR count). The average molecular weight is 218 g/mol. The van der Waals surface area contributed by atoms with Gasteiger partial charge in [0.05, 0.1) is 11.8 Å². The van der Waals surface area contributed by atoms with Crippen LogP contribution in [0.2, 0.25) is 0 Å². The third kappa shape index (κ3) is 4.44. The fourth-order valence-corrected chi connectivity index (χ4v) is 1.41. The first-order chi connectivity index (χ1) is 6.90. The van der Waals surface area contributed by atoms with Crippen molar-refractivity contribution in [3.8, 4) is 0 Å². The van der Waals surface area contributed by atoms with E-state index >= 15 is 0 Å². The molecule has 6 nitrogen and oxygen atoms in total. The largest absolute Gasteiger partial charge is 0.481 e. The van der Waals surface area contributed by atoms with E-state index in [0.717, 1.165) is 0 Å². The molecule has 86 valence electrons. The van der Waals surface area contributed by atoms with Gasteiger partial charge < -0.3 is 15.3 Å². The number of carboxylic acids is 3. The van der Waals surface area contributed by atoms with Gasteiger partial charge in [-0.25, -0.2) is 0 Å². The fourth-order valence-electron chi connectivity index (χ4n) is 1.41. The molecule has 6 heteroatoms. The Labute approximate surface area is 86.5 Å². The molecule has 0 bridgehead atoms. The minimum absolute atomic E-state index is 0.157. The number of rotatable bonds is 7. The molecule has 0 fully saturated rings. The van der Waals surface area contributed by atoms with E-state index in [1.165, 1.54) is 0 Å². The van der Waals surface area contributed by atoms with Gasteiger partial charge in [0.15, 0.2) is 0 Å². The molecule has 0 radical (unpaired) electrons. The Morgan fingerprint density at radius 2 is 1.47 bits per heavy atom. The molecule has 15 heavy (non-hydrogen) atoms. The number of carbonyl (C=O) groups is 3. The highest BCUT2D eigenvalue weighted by Gasteiger charge is 2.32. The molecule has 0 aromatic heterocycles. The molecule has 2 unspecified atom stereocenters. The van der Waals surface area contributed by atoms with Gasteiger partial charge >= 0.3 is 17.9 Å². The van der Waals surface area contributed by atoms with Gasteiger partial charge in [0.1, 0.15) is 0 Å². The molecule has 0 aliphatic heterocycles. The van der Waals surface area contributed by atoms with E-state index < -0.39 is 29.7 Å². The van der Waals surface area contributed by atoms with E-state index in [9.17, 15) is 14.4 Å². The molecule has 0 aliphatic rings. The van der Waals surface area contributed by atoms with Crippen LogP contribution < -0.4 is 0 Å². The lowest BCUT2D eigenvalue weighted by Gasteiger charge is -2.17. The SMILES string of the molecule is CCC(C(=O)O)C(CCC(=O)O)C(=O)O. The maximum Gasteiger partial charge on any atom is 0.307 e. The number of carboxylic acid groups (broad SMARTS) is 3. The molecule has 2 atom stereocenters. The maximum atomic E-state index is 10.8. The smallest absolute Gasteiger partial charge is 0.307 e. The van der Waals surface area contributed by atoms with Crippen molar-refractivity contribution in [2.75, 3.05) is 0 Å². The van der Waals surface area contributed by atoms with Crippen LogP contribution in [0.25, 0.3) is 0 Å². The van der Waals surface area contributed by atoms with Crippen LogP contribution in [0.15, 0.2) is 0 Å². The third-order valence-corrected chi connectivity index (χ3v) is 2.23. The second kappa shape index (κ2) is 6.00. The van der Waals surface area contributed by atoms with E-state index in [-0.39, 0.29) is 19.3 Å². The first-order valence-electron chi connectivity index (χ1n) is 4.57. The Balaban J connectivity index is 4.55. The Morgan fingerprint density at radius 3 is 1.73 bits per heavy atom. The summed E-state index contributed by atoms with van der Waals surface area (Å²) in [5, 5.41) is 25.9. The molecule has 0 aromatic carbocycles. The Kier molecular flexibility index (Phi) is 5.36. The van der Waals surface area contributed by atoms with Crippen LogP contribution in [0.4, 0.5) is 0 Å². The van der Waals surface area contributed by atoms with Gasteiger partial charge in [-0.2, -0.15) is 0 Å². The molecule has 3 N–H and O–H groups in total. The highest BCUT2D eigenvalue weighted by molar-refractivity contribution is 5.80. The van der Waals surface area contributed by atoms with Gasteiger partial charge in [-0.3, -0.25) is 14.4 Å². The third-order valence-electron chi connectivity index (χ3n) is 2.23. The Bertz CT molecular complexity index is 259. The van der Waals surface area contributed by atoms with Crippen molar-refractivity contribution in [1.29, 1.82) is 0 Å². The van der Waals surface area contributed by atoms with E-state index in [2.05, 4.69) is 0 Å². The summed E-state index contributed by atoms with van der Waals surface area (Å²) in [6, 6.07) is 0. The lowest BCUT2D eigenvalue weighted by Crippen LogP contribution is -2.29. The second-order valence-corrected chi connectivity index (χ2v) is 3.23. The zero-order valence-corrected chi connectivity index (χ0v) is 8.34. The van der Waals surface area contributed by atoms with Crippen molar-refractivity contribution in [3.05, 3.63) is 0 Å². The monoisotopic (exact) mass is 218 g/mol. The molecular formula is C9H14O6. The summed E-state index contributed by atoms with van der Waals surface area (Å²) >= 11 is 0. The van der Waals surface area contributed by atoms with Gasteiger partial charge in [0, 0.05) is 6.42 Å². The summed E-state index contributed by atoms with van der Waals surface area (Å²) in [4.78, 5) is 31.7. The van der Waals surface area contributed by atoms with E-state index in [1.807, 2.05) is 0 Å². The zero-order chi connectivity index (χ0) is 12.0. The van der Waals surface area contributed by atoms with Crippen LogP contribution >= 0.6 is 0 Å². The molecule has 0 heterocycles. The minimum Gasteiger partial charge on any atom is -0.481 e. The van der Waals surface area contributed by atoms with Crippen LogP contribution in [0.5, 0.6) is 0 Å². The van der Waals surface area contributed by atoms with Crippen molar-refractivity contribution in [2.24, 2.45) is 11.8 Å². The van der Waals surface area contributed by atoms with Crippen LogP contribution in [0.3, 0.4) is 0 Å². The first kappa shape index (κ1) is 13.4. The summed E-state index contributed by atoms with van der Waals surface area (Å²) < 4.78 is 0. The van der Waals surface area contributed by atoms with Crippen LogP contribution in [-0.4, -0.2) is 33.2 Å². The van der Waals surface area contributed by atoms with Crippen molar-refractivity contribution in [1.82, 2.24) is 0 Å². The van der Waals surface area contributed by atoms with E-state index in [0.29, 0.717) is 0 Å². The highest BCUT2D eigenvalue weighted by atomic mass is 16.4. The predicted octanol–water partition coefficient (Wildman–Crippen LogP) is 0.663. The summed E-state index contributed by atoms with van der Waals surface area (Å²) in [5.41, 5.74) is 0. The van der Waals surface area contributed by atoms with Crippen LogP contribution in [0, 0.1) is 11.8 Å². The summed E-state index contributed by atoms with van der Waals surface area (Å²) in [5.74, 6) is -5.74. The topological polar surface area (TPSA) is 112 Å². The number of hydrogen-bond donors (Lipinski definition) is 3. The molecule has 0 saturated carbocycles. The Hall–Kier alpha value is -1.59. The molecular weight excluding hydrogens is 204 g/mol. The molecule has 0 aliphatic carbocycles. The van der Waals surface area contributed by atoms with Crippen molar-refractivity contribution < 1.29 is 29.7 Å². The Morgan fingerprint density at radius 1 is 1.00 bits per heavy atom. The second-order valence-electron chi connectivity index (χ2n) is 3.23. The van der Waals surface area contributed by atoms with Gasteiger partial charge in [-0.1, -0.05) is 6.92 Å². The van der Waals surface area contributed by atoms with E-state index in [4.69, 9.17) is 15.3 Å². The number of aliphatic carboxylic acids is 3. The van der Waals surface area contributed by atoms with Gasteiger partial charge in [-0.15, -0.1) is 0 Å². The molecule has 0 spiro atoms. The maximum absolute atomic E-state index is 10.8. The quantitative estimate of drug-likeness (QED) is 0.578. The predicted molar refractivity (Wildman–Crippen MR) is 49.4 cm³/mol. The lowest BCUT2D eigenvalue weighted by molar-refractivity contribution is -0.154. The summed E-state index contributed by atoms with van der Waals surface area (Å²) in [7, 11) is 0. The molecule has 0 saturated heterocycles. The standard InChI is InChI=1S/C9H14O6/c1-2-5(8(12)13)6(9(14)15)3-4-7(10)11/h5-6H,2-4H2,1H3,(H,10,11)(H,12,13)(H,14,15). The minimum atomic E-state index is -1.26. The van der Waals surface area contributed by atoms with Crippen molar-refractivity contribution in [2.45, 2.75) is 26.2 Å². The van der Waals surface area contributed by atoms with Crippen LogP contribution in [-0.2, 0) is 14.4 Å². The summed E-state index contributed by atoms with van der Waals surface area (Å²) in [6.45, 7) is 1.56. The first-order valence-corrected chi connectivity index (χ1v) is 4.57. The fraction of sp³-hybridized carbons (Fsp3) is 0.667. The lowest BCUT2D eigenvalue weighted by atomic mass is 9.86. The normalized spacial score (nSPS) is 14.2. The zero-order valence-electron chi connectivity index (χ0n) is 8.34. The highest BCUT2D eigenvalue weighted by Crippen LogP contribution is 2.21. The number of hydrogen-bond acceptors (Lipinski definition) is 3. The van der Waals surface area contributed by atoms with E-state index in [1.54, 1.807) is 6.92 Å². The van der Waals surface area contributed by atoms with Crippen molar-refractivity contribution in [3.63, 3.8) is 0 Å². The van der Waals surface area contributed by atoms with Crippen molar-refractivity contribution >= 4 is 17.9 Å². The summed E-state index contributed by atoms with van der Waals surface area (Å²) in [6.07, 6.45) is -0.317.